The van der Waals surface area contributed by atoms with Gasteiger partial charge >= 0.3 is 0 Å². The van der Waals surface area contributed by atoms with Crippen LogP contribution in [0.3, 0.4) is 0 Å². The normalized spacial score (nSPS) is 12.4. The summed E-state index contributed by atoms with van der Waals surface area (Å²) in [5.74, 6) is 0.864. The van der Waals surface area contributed by atoms with E-state index in [-0.39, 0.29) is 6.04 Å². The van der Waals surface area contributed by atoms with Crippen molar-refractivity contribution in [1.82, 2.24) is 9.78 Å². The quantitative estimate of drug-likeness (QED) is 0.877. The van der Waals surface area contributed by atoms with E-state index in [0.717, 1.165) is 17.0 Å². The average Bonchev–Trinajstić information content (AvgIpc) is 2.76. The van der Waals surface area contributed by atoms with Crippen LogP contribution in [0.4, 0.5) is 0 Å². The highest BCUT2D eigenvalue weighted by Gasteiger charge is 2.13. The van der Waals surface area contributed by atoms with E-state index in [4.69, 9.17) is 10.5 Å². The number of hydrogen-bond donors (Lipinski definition) is 1. The predicted octanol–water partition coefficient (Wildman–Crippen LogP) is 2.06. The first-order valence-electron chi connectivity index (χ1n) is 6.16. The van der Waals surface area contributed by atoms with Crippen LogP contribution in [0.15, 0.2) is 36.5 Å². The zero-order chi connectivity index (χ0) is 13.0. The van der Waals surface area contributed by atoms with Crippen molar-refractivity contribution in [3.63, 3.8) is 0 Å². The predicted molar refractivity (Wildman–Crippen MR) is 71.5 cm³/mol. The first-order chi connectivity index (χ1) is 8.70. The van der Waals surface area contributed by atoms with Gasteiger partial charge in [-0.25, -0.2) is 0 Å². The fraction of sp³-hybridized carbons (Fsp3) is 0.357. The molecule has 0 bridgehead atoms. The summed E-state index contributed by atoms with van der Waals surface area (Å²) in [6, 6.07) is 9.81. The van der Waals surface area contributed by atoms with Crippen molar-refractivity contribution in [2.45, 2.75) is 19.4 Å². The number of nitrogens with two attached hydrogens (primary N) is 1. The van der Waals surface area contributed by atoms with Crippen molar-refractivity contribution in [1.29, 1.82) is 0 Å². The molecule has 18 heavy (non-hydrogen) atoms. The number of rotatable bonds is 5. The molecule has 0 amide bonds. The number of ether oxygens (including phenoxy) is 1. The number of hydrogen-bond acceptors (Lipinski definition) is 3. The average molecular weight is 245 g/mol. The number of aryl methyl sites for hydroxylation is 1. The van der Waals surface area contributed by atoms with Gasteiger partial charge in [0.1, 0.15) is 5.75 Å². The molecule has 1 aromatic carbocycles. The van der Waals surface area contributed by atoms with Crippen LogP contribution in [-0.2, 0) is 13.5 Å². The highest BCUT2D eigenvalue weighted by molar-refractivity contribution is 5.36. The van der Waals surface area contributed by atoms with Gasteiger partial charge in [-0.1, -0.05) is 18.2 Å². The molecule has 4 heteroatoms. The van der Waals surface area contributed by atoms with Crippen molar-refractivity contribution in [3.05, 3.63) is 47.8 Å². The largest absolute Gasteiger partial charge is 0.494 e. The van der Waals surface area contributed by atoms with Crippen LogP contribution in [0, 0.1) is 0 Å². The monoisotopic (exact) mass is 245 g/mol. The molecule has 1 heterocycles. The summed E-state index contributed by atoms with van der Waals surface area (Å²) in [4.78, 5) is 0. The molecule has 0 aliphatic heterocycles. The molecule has 0 aliphatic rings. The van der Waals surface area contributed by atoms with Crippen LogP contribution in [0.1, 0.15) is 24.2 Å². The van der Waals surface area contributed by atoms with Crippen LogP contribution in [0.5, 0.6) is 5.75 Å². The molecule has 96 valence electrons. The van der Waals surface area contributed by atoms with Gasteiger partial charge in [-0.15, -0.1) is 0 Å². The van der Waals surface area contributed by atoms with Crippen molar-refractivity contribution in [2.75, 3.05) is 6.61 Å². The molecule has 2 rings (SSSR count). The van der Waals surface area contributed by atoms with Crippen LogP contribution in [-0.4, -0.2) is 16.4 Å². The van der Waals surface area contributed by atoms with E-state index in [0.29, 0.717) is 13.0 Å². The highest BCUT2D eigenvalue weighted by atomic mass is 16.5. The topological polar surface area (TPSA) is 53.1 Å². The lowest BCUT2D eigenvalue weighted by Gasteiger charge is -2.15. The Morgan fingerprint density at radius 3 is 2.78 bits per heavy atom. The molecule has 2 aromatic rings. The van der Waals surface area contributed by atoms with E-state index in [1.807, 2.05) is 50.5 Å². The van der Waals surface area contributed by atoms with E-state index >= 15 is 0 Å². The van der Waals surface area contributed by atoms with Gasteiger partial charge in [0.15, 0.2) is 0 Å². The number of para-hydroxylation sites is 1. The van der Waals surface area contributed by atoms with Gasteiger partial charge < -0.3 is 10.5 Å². The van der Waals surface area contributed by atoms with E-state index in [2.05, 4.69) is 5.10 Å². The fourth-order valence-corrected chi connectivity index (χ4v) is 1.98. The van der Waals surface area contributed by atoms with Crippen LogP contribution >= 0.6 is 0 Å². The Bertz CT molecular complexity index is 507. The Kier molecular flexibility index (Phi) is 3.99. The smallest absolute Gasteiger partial charge is 0.124 e. The van der Waals surface area contributed by atoms with E-state index in [1.54, 1.807) is 4.68 Å². The molecule has 0 saturated carbocycles. The van der Waals surface area contributed by atoms with Crippen molar-refractivity contribution >= 4 is 0 Å². The third-order valence-corrected chi connectivity index (χ3v) is 2.82. The van der Waals surface area contributed by atoms with E-state index in [1.165, 1.54) is 0 Å². The summed E-state index contributed by atoms with van der Waals surface area (Å²) >= 11 is 0. The van der Waals surface area contributed by atoms with Gasteiger partial charge in [0.05, 0.1) is 12.3 Å². The Morgan fingerprint density at radius 2 is 2.11 bits per heavy atom. The zero-order valence-corrected chi connectivity index (χ0v) is 10.8. The van der Waals surface area contributed by atoms with Crippen molar-refractivity contribution in [2.24, 2.45) is 12.8 Å². The Hall–Kier alpha value is -1.81. The summed E-state index contributed by atoms with van der Waals surface area (Å²) in [5.41, 5.74) is 8.27. The minimum atomic E-state index is -0.0948. The summed E-state index contributed by atoms with van der Waals surface area (Å²) in [6.45, 7) is 2.62. The molecule has 0 saturated heterocycles. The van der Waals surface area contributed by atoms with Gasteiger partial charge in [-0.2, -0.15) is 5.10 Å². The van der Waals surface area contributed by atoms with Crippen molar-refractivity contribution in [3.8, 4) is 5.75 Å². The van der Waals surface area contributed by atoms with Crippen LogP contribution in [0.2, 0.25) is 0 Å². The van der Waals surface area contributed by atoms with Gasteiger partial charge in [0.2, 0.25) is 0 Å². The molecule has 0 radical (unpaired) electrons. The molecule has 4 nitrogen and oxygen atoms in total. The van der Waals surface area contributed by atoms with Gasteiger partial charge in [0.25, 0.3) is 0 Å². The Morgan fingerprint density at radius 1 is 1.33 bits per heavy atom. The molecular weight excluding hydrogens is 226 g/mol. The minimum absolute atomic E-state index is 0.0948. The zero-order valence-electron chi connectivity index (χ0n) is 10.8. The highest BCUT2D eigenvalue weighted by Crippen LogP contribution is 2.25. The summed E-state index contributed by atoms with van der Waals surface area (Å²) in [6.07, 6.45) is 2.64. The van der Waals surface area contributed by atoms with Gasteiger partial charge in [-0.05, 0) is 19.1 Å². The second-order valence-corrected chi connectivity index (χ2v) is 4.26. The van der Waals surface area contributed by atoms with Crippen molar-refractivity contribution < 1.29 is 4.74 Å². The second-order valence-electron chi connectivity index (χ2n) is 4.26. The lowest BCUT2D eigenvalue weighted by atomic mass is 10.0. The number of aromatic nitrogens is 2. The first kappa shape index (κ1) is 12.6. The maximum atomic E-state index is 6.24. The maximum absolute atomic E-state index is 6.24. The molecule has 0 fully saturated rings. The SMILES string of the molecule is CCOc1ccccc1C(N)Cc1ccn(C)n1. The third kappa shape index (κ3) is 2.90. The Labute approximate surface area is 107 Å². The number of benzene rings is 1. The van der Waals surface area contributed by atoms with E-state index in [9.17, 15) is 0 Å². The lowest BCUT2D eigenvalue weighted by molar-refractivity contribution is 0.334. The molecule has 1 unspecified atom stereocenters. The second kappa shape index (κ2) is 5.69. The summed E-state index contributed by atoms with van der Waals surface area (Å²) in [7, 11) is 1.91. The maximum Gasteiger partial charge on any atom is 0.124 e. The molecule has 0 aliphatic carbocycles. The molecule has 0 spiro atoms. The standard InChI is InChI=1S/C14H19N3O/c1-3-18-14-7-5-4-6-12(14)13(15)10-11-8-9-17(2)16-11/h4-9,13H,3,10,15H2,1-2H3. The Balaban J connectivity index is 2.15. The summed E-state index contributed by atoms with van der Waals surface area (Å²) < 4.78 is 7.38. The molecule has 2 N–H and O–H groups in total. The van der Waals surface area contributed by atoms with Gasteiger partial charge in [0, 0.05) is 31.3 Å². The first-order valence-corrected chi connectivity index (χ1v) is 6.16. The van der Waals surface area contributed by atoms with E-state index < -0.39 is 0 Å². The number of nitrogens with zero attached hydrogens (tertiary/aromatic N) is 2. The molecule has 1 atom stereocenters. The molecular formula is C14H19N3O. The lowest BCUT2D eigenvalue weighted by Crippen LogP contribution is -2.15. The fourth-order valence-electron chi connectivity index (χ4n) is 1.98. The summed E-state index contributed by atoms with van der Waals surface area (Å²) in [5, 5.41) is 4.35. The molecule has 1 aromatic heterocycles. The van der Waals surface area contributed by atoms with Crippen LogP contribution in [0.25, 0.3) is 0 Å². The van der Waals surface area contributed by atoms with Gasteiger partial charge in [-0.3, -0.25) is 4.68 Å². The third-order valence-electron chi connectivity index (χ3n) is 2.82. The van der Waals surface area contributed by atoms with Crippen LogP contribution < -0.4 is 10.5 Å². The minimum Gasteiger partial charge on any atom is -0.494 e.